The molecule has 164 valence electrons. The van der Waals surface area contributed by atoms with Crippen molar-refractivity contribution in [3.63, 3.8) is 0 Å². The van der Waals surface area contributed by atoms with Crippen LogP contribution in [-0.2, 0) is 23.1 Å². The van der Waals surface area contributed by atoms with Crippen LogP contribution in [0.15, 0.2) is 48.5 Å². The van der Waals surface area contributed by atoms with E-state index in [2.05, 4.69) is 6.92 Å². The summed E-state index contributed by atoms with van der Waals surface area (Å²) in [4.78, 5) is 15.1. The summed E-state index contributed by atoms with van der Waals surface area (Å²) in [5, 5.41) is 0. The molecule has 1 unspecified atom stereocenters. The van der Waals surface area contributed by atoms with Crippen molar-refractivity contribution in [2.24, 2.45) is 0 Å². The van der Waals surface area contributed by atoms with Gasteiger partial charge in [-0.2, -0.15) is 8.42 Å². The molecule has 0 saturated heterocycles. The van der Waals surface area contributed by atoms with Crippen molar-refractivity contribution in [1.29, 1.82) is 0 Å². The predicted molar refractivity (Wildman–Crippen MR) is 121 cm³/mol. The zero-order valence-electron chi connectivity index (χ0n) is 18.4. The molecule has 0 bridgehead atoms. The lowest BCUT2D eigenvalue weighted by Gasteiger charge is -2.29. The maximum Gasteiger partial charge on any atom is 0.308 e. The smallest absolute Gasteiger partial charge is 0.308 e. The molecule has 0 heterocycles. The van der Waals surface area contributed by atoms with E-state index in [1.165, 1.54) is 12.5 Å². The first-order valence-corrected chi connectivity index (χ1v) is 12.3. The lowest BCUT2D eigenvalue weighted by Crippen LogP contribution is -2.37. The highest BCUT2D eigenvalue weighted by molar-refractivity contribution is 7.87. The summed E-state index contributed by atoms with van der Waals surface area (Å²) in [5.41, 5.74) is 2.73. The minimum absolute atomic E-state index is 0.0288. The molecule has 1 atom stereocenters. The summed E-state index contributed by atoms with van der Waals surface area (Å²) in [7, 11) is -3.59. The van der Waals surface area contributed by atoms with Crippen molar-refractivity contribution in [2.75, 3.05) is 5.75 Å². The van der Waals surface area contributed by atoms with Gasteiger partial charge in [0.05, 0.1) is 5.75 Å². The first-order valence-electron chi connectivity index (χ1n) is 10.7. The lowest BCUT2D eigenvalue weighted by molar-refractivity contribution is 0.0671. The van der Waals surface area contributed by atoms with Crippen LogP contribution in [0.1, 0.15) is 68.4 Å². The average Bonchev–Trinajstić information content (AvgIpc) is 2.75. The van der Waals surface area contributed by atoms with Gasteiger partial charge in [-0.15, -0.1) is 0 Å². The quantitative estimate of drug-likeness (QED) is 0.459. The summed E-state index contributed by atoms with van der Waals surface area (Å²) in [6, 6.07) is 14.8. The van der Waals surface area contributed by atoms with Gasteiger partial charge in [-0.3, -0.25) is 4.79 Å². The molecular weight excluding hydrogens is 398 g/mol. The summed E-state index contributed by atoms with van der Waals surface area (Å²) >= 11 is 0. The maximum atomic E-state index is 13.2. The molecule has 2 aromatic carbocycles. The van der Waals surface area contributed by atoms with Crippen molar-refractivity contribution in [2.45, 2.75) is 66.0 Å². The SMILES string of the molecule is CCCCc1ccc(C(=O)N(Cc2cccc(OS(=O)(=O)CC)c2)C(C)CC)cc1. The maximum absolute atomic E-state index is 13.2. The second-order valence-electron chi connectivity index (χ2n) is 7.57. The summed E-state index contributed by atoms with van der Waals surface area (Å²) < 4.78 is 28.6. The summed E-state index contributed by atoms with van der Waals surface area (Å²) in [5.74, 6) is 0.147. The Morgan fingerprint density at radius 1 is 1.03 bits per heavy atom. The number of carbonyl (C=O) groups is 1. The van der Waals surface area contributed by atoms with E-state index in [0.717, 1.165) is 31.2 Å². The van der Waals surface area contributed by atoms with Gasteiger partial charge in [-0.25, -0.2) is 0 Å². The Morgan fingerprint density at radius 2 is 1.73 bits per heavy atom. The molecule has 0 spiro atoms. The van der Waals surface area contributed by atoms with Crippen molar-refractivity contribution in [3.8, 4) is 5.75 Å². The summed E-state index contributed by atoms with van der Waals surface area (Å²) in [6.07, 6.45) is 4.12. The first-order chi connectivity index (χ1) is 14.3. The second kappa shape index (κ2) is 11.2. The molecule has 30 heavy (non-hydrogen) atoms. The molecule has 0 N–H and O–H groups in total. The van der Waals surface area contributed by atoms with Crippen LogP contribution in [0.4, 0.5) is 0 Å². The van der Waals surface area contributed by atoms with Gasteiger partial charge in [0.1, 0.15) is 5.75 Å². The molecule has 5 nitrogen and oxygen atoms in total. The molecule has 2 aromatic rings. The Hall–Kier alpha value is -2.34. The number of amides is 1. The molecule has 0 fully saturated rings. The Labute approximate surface area is 181 Å². The van der Waals surface area contributed by atoms with Gasteiger partial charge in [0.25, 0.3) is 5.91 Å². The lowest BCUT2D eigenvalue weighted by atomic mass is 10.0. The van der Waals surface area contributed by atoms with E-state index in [1.54, 1.807) is 18.2 Å². The fourth-order valence-electron chi connectivity index (χ4n) is 3.11. The molecular formula is C24H33NO4S. The zero-order valence-corrected chi connectivity index (χ0v) is 19.2. The van der Waals surface area contributed by atoms with E-state index in [9.17, 15) is 13.2 Å². The van der Waals surface area contributed by atoms with Crippen LogP contribution in [0.3, 0.4) is 0 Å². The fraction of sp³-hybridized carbons (Fsp3) is 0.458. The minimum atomic E-state index is -3.59. The van der Waals surface area contributed by atoms with E-state index in [4.69, 9.17) is 4.18 Å². The minimum Gasteiger partial charge on any atom is -0.382 e. The van der Waals surface area contributed by atoms with Crippen molar-refractivity contribution in [3.05, 3.63) is 65.2 Å². The molecule has 0 aliphatic heterocycles. The van der Waals surface area contributed by atoms with E-state index in [0.29, 0.717) is 12.1 Å². The van der Waals surface area contributed by atoms with Crippen molar-refractivity contribution >= 4 is 16.0 Å². The Kier molecular flexibility index (Phi) is 8.90. The molecule has 2 rings (SSSR count). The number of nitrogens with zero attached hydrogens (tertiary/aromatic N) is 1. The third-order valence-corrected chi connectivity index (χ3v) is 6.39. The van der Waals surface area contributed by atoms with Crippen LogP contribution >= 0.6 is 0 Å². The van der Waals surface area contributed by atoms with Crippen LogP contribution < -0.4 is 4.18 Å². The Balaban J connectivity index is 2.21. The Morgan fingerprint density at radius 3 is 2.33 bits per heavy atom. The van der Waals surface area contributed by atoms with Gasteiger partial charge in [0.2, 0.25) is 0 Å². The number of unbranched alkanes of at least 4 members (excludes halogenated alkanes) is 1. The number of benzene rings is 2. The molecule has 0 aliphatic rings. The highest BCUT2D eigenvalue weighted by Gasteiger charge is 2.21. The predicted octanol–water partition coefficient (Wildman–Crippen LogP) is 5.20. The number of aryl methyl sites for hydroxylation is 1. The third-order valence-electron chi connectivity index (χ3n) is 5.23. The number of hydrogen-bond donors (Lipinski definition) is 0. The average molecular weight is 432 g/mol. The van der Waals surface area contributed by atoms with Gasteiger partial charge >= 0.3 is 10.1 Å². The van der Waals surface area contributed by atoms with E-state index >= 15 is 0 Å². The van der Waals surface area contributed by atoms with Crippen LogP contribution in [0, 0.1) is 0 Å². The first kappa shape index (κ1) is 23.9. The van der Waals surface area contributed by atoms with Crippen LogP contribution in [-0.4, -0.2) is 31.0 Å². The normalized spacial score (nSPS) is 12.4. The topological polar surface area (TPSA) is 63.7 Å². The largest absolute Gasteiger partial charge is 0.382 e. The highest BCUT2D eigenvalue weighted by Crippen LogP contribution is 2.20. The highest BCUT2D eigenvalue weighted by atomic mass is 32.2. The molecule has 6 heteroatoms. The van der Waals surface area contributed by atoms with Gasteiger partial charge in [0.15, 0.2) is 0 Å². The van der Waals surface area contributed by atoms with Crippen molar-refractivity contribution < 1.29 is 17.4 Å². The van der Waals surface area contributed by atoms with Crippen LogP contribution in [0.25, 0.3) is 0 Å². The zero-order chi connectivity index (χ0) is 22.1. The van der Waals surface area contributed by atoms with Gasteiger partial charge in [0, 0.05) is 18.2 Å². The monoisotopic (exact) mass is 431 g/mol. The number of rotatable bonds is 11. The summed E-state index contributed by atoms with van der Waals surface area (Å²) in [6.45, 7) is 8.16. The molecule has 0 saturated carbocycles. The molecule has 0 radical (unpaired) electrons. The van der Waals surface area contributed by atoms with Crippen molar-refractivity contribution in [1.82, 2.24) is 4.90 Å². The molecule has 0 aromatic heterocycles. The van der Waals surface area contributed by atoms with Gasteiger partial charge in [-0.05, 0) is 68.5 Å². The van der Waals surface area contributed by atoms with Gasteiger partial charge in [-0.1, -0.05) is 44.5 Å². The number of hydrogen-bond acceptors (Lipinski definition) is 4. The molecule has 0 aliphatic carbocycles. The van der Waals surface area contributed by atoms with Gasteiger partial charge < -0.3 is 9.08 Å². The van der Waals surface area contributed by atoms with E-state index in [-0.39, 0.29) is 23.5 Å². The Bertz CT molecular complexity index is 922. The standard InChI is InChI=1S/C24H33NO4S/c1-5-8-10-20-13-15-22(16-14-20)24(26)25(19(4)6-2)18-21-11-9-12-23(17-21)29-30(27,28)7-3/h9,11-17,19H,5-8,10,18H2,1-4H3. The third kappa shape index (κ3) is 6.87. The molecule has 1 amide bonds. The van der Waals surface area contributed by atoms with Crippen LogP contribution in [0.5, 0.6) is 5.75 Å². The van der Waals surface area contributed by atoms with E-state index < -0.39 is 10.1 Å². The fourth-order valence-corrected chi connectivity index (χ4v) is 3.62. The number of carbonyl (C=O) groups excluding carboxylic acids is 1. The second-order valence-corrected chi connectivity index (χ2v) is 9.43. The van der Waals surface area contributed by atoms with Crippen LogP contribution in [0.2, 0.25) is 0 Å². The van der Waals surface area contributed by atoms with E-state index in [1.807, 2.05) is 49.1 Å².